The monoisotopic (exact) mass is 204 g/mol. The van der Waals surface area contributed by atoms with E-state index >= 15 is 0 Å². The average molecular weight is 204 g/mol. The molecule has 0 aromatic carbocycles. The molecule has 0 N–H and O–H groups in total. The maximum atomic E-state index is 11.1. The van der Waals surface area contributed by atoms with Gasteiger partial charge in [0, 0.05) is 12.0 Å². The zero-order chi connectivity index (χ0) is 10.5. The van der Waals surface area contributed by atoms with E-state index in [-0.39, 0.29) is 5.97 Å². The van der Waals surface area contributed by atoms with Crippen LogP contribution >= 0.6 is 0 Å². The molecule has 1 saturated heterocycles. The summed E-state index contributed by atoms with van der Waals surface area (Å²) in [5.41, 5.74) is 2.19. The average Bonchev–Trinajstić information content (AvgIpc) is 2.66. The molecule has 0 bridgehead atoms. The lowest BCUT2D eigenvalue weighted by Crippen LogP contribution is -1.93. The maximum absolute atomic E-state index is 11.1. The van der Waals surface area contributed by atoms with Crippen molar-refractivity contribution in [1.29, 1.82) is 0 Å². The molecule has 2 rings (SSSR count). The number of esters is 1. The minimum Gasteiger partial charge on any atom is -0.462 e. The Hall–Kier alpha value is -1.31. The highest BCUT2D eigenvalue weighted by atomic mass is 16.5. The predicted molar refractivity (Wildman–Crippen MR) is 59.4 cm³/mol. The highest BCUT2D eigenvalue weighted by Gasteiger charge is 2.16. The standard InChI is InChI=1S/C13H16O2/c14-13-12(9-10-15-13)8-4-7-11-5-2-1-3-6-11/h4-5,7-8H,1-3,6,9-10H2/b7-4-,12-8+. The van der Waals surface area contributed by atoms with E-state index in [1.54, 1.807) is 0 Å². The molecule has 80 valence electrons. The zero-order valence-corrected chi connectivity index (χ0v) is 8.87. The molecule has 0 saturated carbocycles. The van der Waals surface area contributed by atoms with Crippen LogP contribution in [0.3, 0.4) is 0 Å². The van der Waals surface area contributed by atoms with Gasteiger partial charge in [0.25, 0.3) is 0 Å². The molecule has 0 amide bonds. The van der Waals surface area contributed by atoms with Gasteiger partial charge in [-0.15, -0.1) is 0 Å². The zero-order valence-electron chi connectivity index (χ0n) is 8.87. The fourth-order valence-corrected chi connectivity index (χ4v) is 1.90. The Balaban J connectivity index is 1.93. The lowest BCUT2D eigenvalue weighted by Gasteiger charge is -2.07. The summed E-state index contributed by atoms with van der Waals surface area (Å²) in [6.45, 7) is 0.543. The van der Waals surface area contributed by atoms with Crippen LogP contribution in [0.2, 0.25) is 0 Å². The van der Waals surface area contributed by atoms with Crippen molar-refractivity contribution in [3.63, 3.8) is 0 Å². The van der Waals surface area contributed by atoms with Crippen LogP contribution in [0, 0.1) is 0 Å². The maximum Gasteiger partial charge on any atom is 0.334 e. The fraction of sp³-hybridized carbons (Fsp3) is 0.462. The van der Waals surface area contributed by atoms with Gasteiger partial charge in [-0.3, -0.25) is 0 Å². The summed E-state index contributed by atoms with van der Waals surface area (Å²) in [5.74, 6) is -0.155. The van der Waals surface area contributed by atoms with Crippen LogP contribution in [-0.4, -0.2) is 12.6 Å². The topological polar surface area (TPSA) is 26.3 Å². The molecule has 0 atom stereocenters. The number of hydrogen-bond acceptors (Lipinski definition) is 2. The Labute approximate surface area is 90.3 Å². The lowest BCUT2D eigenvalue weighted by molar-refractivity contribution is -0.135. The molecule has 1 fully saturated rings. The first-order valence-electron chi connectivity index (χ1n) is 5.59. The van der Waals surface area contributed by atoms with Crippen LogP contribution in [0.15, 0.2) is 35.5 Å². The van der Waals surface area contributed by atoms with Gasteiger partial charge in [0.05, 0.1) is 6.61 Å². The van der Waals surface area contributed by atoms with Gasteiger partial charge in [0.2, 0.25) is 0 Å². The van der Waals surface area contributed by atoms with Crippen molar-refractivity contribution in [3.8, 4) is 0 Å². The number of carbonyl (C=O) groups is 1. The third kappa shape index (κ3) is 2.82. The van der Waals surface area contributed by atoms with E-state index in [2.05, 4.69) is 12.2 Å². The lowest BCUT2D eigenvalue weighted by atomic mass is 9.99. The van der Waals surface area contributed by atoms with Gasteiger partial charge in [-0.2, -0.15) is 0 Å². The Morgan fingerprint density at radius 2 is 2.20 bits per heavy atom. The SMILES string of the molecule is O=C1OCC/C1=C\C=C/C1=CCCCC1. The van der Waals surface area contributed by atoms with Crippen LogP contribution < -0.4 is 0 Å². The van der Waals surface area contributed by atoms with Crippen molar-refractivity contribution in [3.05, 3.63) is 35.5 Å². The normalized spacial score (nSPS) is 24.7. The Morgan fingerprint density at radius 1 is 1.27 bits per heavy atom. The first-order valence-corrected chi connectivity index (χ1v) is 5.59. The fourth-order valence-electron chi connectivity index (χ4n) is 1.90. The Morgan fingerprint density at radius 3 is 2.87 bits per heavy atom. The molecule has 0 aromatic rings. The minimum atomic E-state index is -0.155. The van der Waals surface area contributed by atoms with E-state index in [4.69, 9.17) is 4.74 Å². The van der Waals surface area contributed by atoms with Gasteiger partial charge < -0.3 is 4.74 Å². The van der Waals surface area contributed by atoms with Crippen molar-refractivity contribution >= 4 is 5.97 Å². The predicted octanol–water partition coefficient (Wildman–Crippen LogP) is 2.92. The van der Waals surface area contributed by atoms with Gasteiger partial charge >= 0.3 is 5.97 Å². The van der Waals surface area contributed by atoms with Gasteiger partial charge in [0.15, 0.2) is 0 Å². The third-order valence-corrected chi connectivity index (χ3v) is 2.80. The third-order valence-electron chi connectivity index (χ3n) is 2.80. The van der Waals surface area contributed by atoms with Crippen molar-refractivity contribution in [1.82, 2.24) is 0 Å². The smallest absolute Gasteiger partial charge is 0.334 e. The molecule has 0 unspecified atom stereocenters. The largest absolute Gasteiger partial charge is 0.462 e. The number of hydrogen-bond donors (Lipinski definition) is 0. The molecule has 0 aromatic heterocycles. The van der Waals surface area contributed by atoms with E-state index < -0.39 is 0 Å². The minimum absolute atomic E-state index is 0.155. The number of carbonyl (C=O) groups excluding carboxylic acids is 1. The molecule has 15 heavy (non-hydrogen) atoms. The highest BCUT2D eigenvalue weighted by Crippen LogP contribution is 2.18. The van der Waals surface area contributed by atoms with Crippen molar-refractivity contribution in [2.24, 2.45) is 0 Å². The van der Waals surface area contributed by atoms with Crippen LogP contribution in [-0.2, 0) is 9.53 Å². The van der Waals surface area contributed by atoms with Crippen LogP contribution in [0.1, 0.15) is 32.1 Å². The highest BCUT2D eigenvalue weighted by molar-refractivity contribution is 5.90. The van der Waals surface area contributed by atoms with Crippen LogP contribution in [0.25, 0.3) is 0 Å². The van der Waals surface area contributed by atoms with E-state index in [0.717, 1.165) is 12.0 Å². The van der Waals surface area contributed by atoms with Crippen molar-refractivity contribution in [2.75, 3.05) is 6.61 Å². The quantitative estimate of drug-likeness (QED) is 0.510. The summed E-state index contributed by atoms with van der Waals surface area (Å²) in [4.78, 5) is 11.1. The second-order valence-electron chi connectivity index (χ2n) is 3.96. The molecule has 0 spiro atoms. The summed E-state index contributed by atoms with van der Waals surface area (Å²) >= 11 is 0. The molecule has 0 radical (unpaired) electrons. The molecule has 1 heterocycles. The Kier molecular flexibility index (Phi) is 3.38. The van der Waals surface area contributed by atoms with Crippen molar-refractivity contribution in [2.45, 2.75) is 32.1 Å². The molecule has 1 aliphatic heterocycles. The molecule has 2 heteroatoms. The number of ether oxygens (including phenoxy) is 1. The number of rotatable bonds is 2. The summed E-state index contributed by atoms with van der Waals surface area (Å²) in [7, 11) is 0. The first-order chi connectivity index (χ1) is 7.36. The molecule has 2 nitrogen and oxygen atoms in total. The molecule has 2 aliphatic rings. The molecular weight excluding hydrogens is 188 g/mol. The van der Waals surface area contributed by atoms with Gasteiger partial charge in [0.1, 0.15) is 0 Å². The van der Waals surface area contributed by atoms with Crippen LogP contribution in [0.4, 0.5) is 0 Å². The number of cyclic esters (lactones) is 1. The van der Waals surface area contributed by atoms with Crippen LogP contribution in [0.5, 0.6) is 0 Å². The first kappa shape index (κ1) is 10.2. The van der Waals surface area contributed by atoms with Gasteiger partial charge in [-0.1, -0.05) is 29.9 Å². The number of allylic oxidation sites excluding steroid dienone is 5. The van der Waals surface area contributed by atoms with E-state index in [1.807, 2.05) is 12.2 Å². The van der Waals surface area contributed by atoms with E-state index in [9.17, 15) is 4.79 Å². The Bertz CT molecular complexity index is 334. The molecular formula is C13H16O2. The summed E-state index contributed by atoms with van der Waals surface area (Å²) in [6.07, 6.45) is 14.0. The second-order valence-corrected chi connectivity index (χ2v) is 3.96. The summed E-state index contributed by atoms with van der Waals surface area (Å²) in [6, 6.07) is 0. The van der Waals surface area contributed by atoms with Gasteiger partial charge in [-0.25, -0.2) is 4.79 Å². The summed E-state index contributed by atoms with van der Waals surface area (Å²) < 4.78 is 4.85. The van der Waals surface area contributed by atoms with E-state index in [1.165, 1.54) is 31.3 Å². The summed E-state index contributed by atoms with van der Waals surface area (Å²) in [5, 5.41) is 0. The second kappa shape index (κ2) is 4.96. The van der Waals surface area contributed by atoms with Crippen molar-refractivity contribution < 1.29 is 9.53 Å². The molecule has 1 aliphatic carbocycles. The van der Waals surface area contributed by atoms with E-state index in [0.29, 0.717) is 6.61 Å². The van der Waals surface area contributed by atoms with Gasteiger partial charge in [-0.05, 0) is 25.7 Å².